The molecule has 248 valence electrons. The molecule has 0 aliphatic carbocycles. The number of benzene rings is 9. The third kappa shape index (κ3) is 3.61. The van der Waals surface area contributed by atoms with Gasteiger partial charge in [-0.05, 0) is 80.8 Å². The van der Waals surface area contributed by atoms with Crippen LogP contribution in [-0.2, 0) is 0 Å². The third-order valence-electron chi connectivity index (χ3n) is 11.8. The first-order valence-electron chi connectivity index (χ1n) is 18.5. The fraction of sp³-hybridized carbons (Fsp3) is 0. The minimum Gasteiger partial charge on any atom is -0.308 e. The Labute approximate surface area is 308 Å². The largest absolute Gasteiger partial charge is 0.308 e. The van der Waals surface area contributed by atoms with Crippen molar-refractivity contribution in [1.29, 1.82) is 0 Å². The summed E-state index contributed by atoms with van der Waals surface area (Å²) < 4.78 is 4.91. The second kappa shape index (κ2) is 10.2. The summed E-state index contributed by atoms with van der Waals surface area (Å²) in [6.45, 7) is 0. The van der Waals surface area contributed by atoms with Crippen LogP contribution in [0.15, 0.2) is 170 Å². The minimum absolute atomic E-state index is 0.711. The van der Waals surface area contributed by atoms with Crippen molar-refractivity contribution in [3.05, 3.63) is 170 Å². The lowest BCUT2D eigenvalue weighted by Gasteiger charge is -2.14. The van der Waals surface area contributed by atoms with Gasteiger partial charge in [0.05, 0.1) is 33.1 Å². The highest BCUT2D eigenvalue weighted by Crippen LogP contribution is 2.47. The van der Waals surface area contributed by atoms with Crippen LogP contribution in [0.1, 0.15) is 0 Å². The van der Waals surface area contributed by atoms with Crippen LogP contribution < -0.4 is 0 Å². The van der Waals surface area contributed by atoms with Crippen LogP contribution >= 0.6 is 0 Å². The molecule has 4 heteroatoms. The molecule has 0 amide bonds. The van der Waals surface area contributed by atoms with Gasteiger partial charge in [-0.2, -0.15) is 0 Å². The maximum atomic E-state index is 5.54. The van der Waals surface area contributed by atoms with Crippen LogP contribution in [-0.4, -0.2) is 18.9 Å². The van der Waals surface area contributed by atoms with Gasteiger partial charge in [-0.25, -0.2) is 9.97 Å². The molecule has 4 aromatic heterocycles. The lowest BCUT2D eigenvalue weighted by molar-refractivity contribution is 1.08. The lowest BCUT2D eigenvalue weighted by atomic mass is 10.00. The predicted molar refractivity (Wildman–Crippen MR) is 226 cm³/mol. The van der Waals surface area contributed by atoms with Gasteiger partial charge in [0.15, 0.2) is 5.82 Å². The first kappa shape index (κ1) is 28.3. The van der Waals surface area contributed by atoms with Crippen LogP contribution in [0.5, 0.6) is 0 Å². The number of fused-ring (bicyclic) bond motifs is 15. The average Bonchev–Trinajstić information content (AvgIpc) is 3.86. The number of nitrogens with zero attached hydrogens (tertiary/aromatic N) is 4. The standard InChI is InChI=1S/C50H28N4/c1-2-13-31-27-45-39(26-30(31)12-1)41-28-40-36-15-6-9-19-43(36)54(48(40)46-38-17-7-10-20-44(38)53(45)47(41)46)50-37-16-5-8-18-42(37)51-49(52-50)33-23-24-35-32(25-33)22-21-29-11-3-4-14-34(29)35/h1-28H. The fourth-order valence-electron chi connectivity index (χ4n) is 9.42. The van der Waals surface area contributed by atoms with Gasteiger partial charge in [0.2, 0.25) is 0 Å². The number of aromatic nitrogens is 4. The minimum atomic E-state index is 0.711. The van der Waals surface area contributed by atoms with Crippen molar-refractivity contribution >= 4 is 103 Å². The molecule has 0 N–H and O–H groups in total. The summed E-state index contributed by atoms with van der Waals surface area (Å²) in [5.41, 5.74) is 7.90. The molecule has 13 aromatic rings. The maximum Gasteiger partial charge on any atom is 0.162 e. The molecule has 0 unspecified atom stereocenters. The van der Waals surface area contributed by atoms with E-state index in [0.29, 0.717) is 5.82 Å². The Bertz CT molecular complexity index is 3740. The second-order valence-electron chi connectivity index (χ2n) is 14.6. The first-order chi connectivity index (χ1) is 26.8. The van der Waals surface area contributed by atoms with Gasteiger partial charge in [-0.3, -0.25) is 4.57 Å². The van der Waals surface area contributed by atoms with Crippen LogP contribution in [0, 0.1) is 0 Å². The lowest BCUT2D eigenvalue weighted by Crippen LogP contribution is -2.03. The maximum absolute atomic E-state index is 5.54. The molecule has 54 heavy (non-hydrogen) atoms. The van der Waals surface area contributed by atoms with Crippen molar-refractivity contribution in [2.24, 2.45) is 0 Å². The molecular formula is C50H28N4. The molecule has 0 spiro atoms. The zero-order valence-corrected chi connectivity index (χ0v) is 29.0. The van der Waals surface area contributed by atoms with E-state index in [2.05, 4.69) is 179 Å². The molecule has 0 aliphatic heterocycles. The van der Waals surface area contributed by atoms with Gasteiger partial charge < -0.3 is 4.40 Å². The summed E-state index contributed by atoms with van der Waals surface area (Å²) in [6, 6.07) is 61.6. The van der Waals surface area contributed by atoms with Gasteiger partial charge in [0.1, 0.15) is 5.82 Å². The number of hydrogen-bond donors (Lipinski definition) is 0. The zero-order valence-electron chi connectivity index (χ0n) is 29.0. The van der Waals surface area contributed by atoms with E-state index in [0.717, 1.165) is 27.8 Å². The number of hydrogen-bond acceptors (Lipinski definition) is 2. The molecule has 0 radical (unpaired) electrons. The topological polar surface area (TPSA) is 35.1 Å². The normalized spacial score (nSPS) is 12.4. The Kier molecular flexibility index (Phi) is 5.34. The van der Waals surface area contributed by atoms with Crippen LogP contribution in [0.25, 0.3) is 120 Å². The molecule has 9 aromatic carbocycles. The first-order valence-corrected chi connectivity index (χ1v) is 18.5. The summed E-state index contributed by atoms with van der Waals surface area (Å²) in [5.74, 6) is 1.59. The SMILES string of the molecule is c1ccc2cc3c(cc2c1)c1cc2c4ccccc4n(-c4nc(-c5ccc6c(ccc7ccccc76)c5)nc5ccccc45)c2c2c4ccccc4n3c12. The molecule has 0 saturated heterocycles. The number of rotatable bonds is 2. The van der Waals surface area contributed by atoms with Gasteiger partial charge in [0, 0.05) is 43.3 Å². The summed E-state index contributed by atoms with van der Waals surface area (Å²) in [6.07, 6.45) is 0. The van der Waals surface area contributed by atoms with Crippen molar-refractivity contribution in [2.45, 2.75) is 0 Å². The summed E-state index contributed by atoms with van der Waals surface area (Å²) in [7, 11) is 0. The quantitative estimate of drug-likeness (QED) is 0.170. The highest BCUT2D eigenvalue weighted by molar-refractivity contribution is 6.34. The van der Waals surface area contributed by atoms with Crippen molar-refractivity contribution in [3.8, 4) is 17.2 Å². The highest BCUT2D eigenvalue weighted by Gasteiger charge is 2.26. The Morgan fingerprint density at radius 3 is 1.87 bits per heavy atom. The van der Waals surface area contributed by atoms with E-state index in [1.165, 1.54) is 86.7 Å². The molecular weight excluding hydrogens is 657 g/mol. The third-order valence-corrected chi connectivity index (χ3v) is 11.8. The van der Waals surface area contributed by atoms with E-state index in [-0.39, 0.29) is 0 Å². The van der Waals surface area contributed by atoms with Gasteiger partial charge >= 0.3 is 0 Å². The highest BCUT2D eigenvalue weighted by atomic mass is 15.1. The molecule has 0 bridgehead atoms. The Morgan fingerprint density at radius 1 is 0.352 bits per heavy atom. The van der Waals surface area contributed by atoms with Crippen LogP contribution in [0.2, 0.25) is 0 Å². The van der Waals surface area contributed by atoms with E-state index in [9.17, 15) is 0 Å². The zero-order chi connectivity index (χ0) is 35.1. The fourth-order valence-corrected chi connectivity index (χ4v) is 9.42. The molecule has 0 aliphatic rings. The summed E-state index contributed by atoms with van der Waals surface area (Å²) >= 11 is 0. The van der Waals surface area contributed by atoms with Crippen molar-refractivity contribution in [1.82, 2.24) is 18.9 Å². The van der Waals surface area contributed by atoms with Gasteiger partial charge in [0.25, 0.3) is 0 Å². The van der Waals surface area contributed by atoms with Crippen LogP contribution in [0.4, 0.5) is 0 Å². The molecule has 4 heterocycles. The number of para-hydroxylation sites is 3. The Morgan fingerprint density at radius 2 is 1.00 bits per heavy atom. The van der Waals surface area contributed by atoms with Crippen molar-refractivity contribution < 1.29 is 0 Å². The van der Waals surface area contributed by atoms with E-state index in [4.69, 9.17) is 9.97 Å². The average molecular weight is 685 g/mol. The van der Waals surface area contributed by atoms with Crippen molar-refractivity contribution in [2.75, 3.05) is 0 Å². The summed E-state index contributed by atoms with van der Waals surface area (Å²) in [4.78, 5) is 10.7. The second-order valence-corrected chi connectivity index (χ2v) is 14.6. The molecule has 4 nitrogen and oxygen atoms in total. The van der Waals surface area contributed by atoms with E-state index in [1.807, 2.05) is 0 Å². The van der Waals surface area contributed by atoms with E-state index >= 15 is 0 Å². The monoisotopic (exact) mass is 684 g/mol. The Balaban J connectivity index is 1.19. The van der Waals surface area contributed by atoms with E-state index in [1.54, 1.807) is 0 Å². The van der Waals surface area contributed by atoms with Gasteiger partial charge in [-0.1, -0.05) is 121 Å². The molecule has 0 fully saturated rings. The molecule has 0 saturated carbocycles. The predicted octanol–water partition coefficient (Wildman–Crippen LogP) is 13.0. The van der Waals surface area contributed by atoms with E-state index < -0.39 is 0 Å². The molecule has 0 atom stereocenters. The summed E-state index contributed by atoms with van der Waals surface area (Å²) in [5, 5.41) is 15.9. The van der Waals surface area contributed by atoms with Crippen molar-refractivity contribution in [3.63, 3.8) is 0 Å². The van der Waals surface area contributed by atoms with Crippen LogP contribution in [0.3, 0.4) is 0 Å². The van der Waals surface area contributed by atoms with Gasteiger partial charge in [-0.15, -0.1) is 0 Å². The Hall–Kier alpha value is -7.30. The molecule has 13 rings (SSSR count). The smallest absolute Gasteiger partial charge is 0.162 e.